The van der Waals surface area contributed by atoms with Crippen molar-refractivity contribution in [2.45, 2.75) is 32.3 Å². The second-order valence-electron chi connectivity index (χ2n) is 8.06. The van der Waals surface area contributed by atoms with Crippen molar-refractivity contribution in [1.29, 1.82) is 0 Å². The molecule has 0 spiro atoms. The van der Waals surface area contributed by atoms with Crippen LogP contribution in [0.5, 0.6) is 5.75 Å². The number of rotatable bonds is 4. The van der Waals surface area contributed by atoms with Crippen molar-refractivity contribution < 1.29 is 14.3 Å². The largest absolute Gasteiger partial charge is 0.479 e. The molecule has 1 fully saturated rings. The molecule has 2 aliphatic rings. The molecule has 2 aromatic heterocycles. The third kappa shape index (κ3) is 3.98. The first-order valence-corrected chi connectivity index (χ1v) is 11.8. The molecule has 2 amide bonds. The highest BCUT2D eigenvalue weighted by Gasteiger charge is 2.34. The van der Waals surface area contributed by atoms with E-state index in [0.717, 1.165) is 54.3 Å². The van der Waals surface area contributed by atoms with Gasteiger partial charge in [0.1, 0.15) is 17.3 Å². The molecule has 0 N–H and O–H groups in total. The summed E-state index contributed by atoms with van der Waals surface area (Å²) < 4.78 is 5.82. The van der Waals surface area contributed by atoms with Crippen molar-refractivity contribution in [3.8, 4) is 27.7 Å². The fourth-order valence-electron chi connectivity index (χ4n) is 4.12. The lowest BCUT2D eigenvalue weighted by atomic mass is 10.1. The minimum Gasteiger partial charge on any atom is -0.479 e. The maximum atomic E-state index is 13.0. The van der Waals surface area contributed by atoms with Gasteiger partial charge in [0, 0.05) is 30.2 Å². The van der Waals surface area contributed by atoms with Gasteiger partial charge in [-0.3, -0.25) is 19.5 Å². The Balaban J connectivity index is 1.45. The molecule has 0 radical (unpaired) electrons. The molecular weight excluding hydrogens is 424 g/mol. The molecule has 1 unspecified atom stereocenters. The zero-order valence-corrected chi connectivity index (χ0v) is 18.7. The maximum Gasteiger partial charge on any atom is 0.268 e. The number of hydrogen-bond donors (Lipinski definition) is 0. The summed E-state index contributed by atoms with van der Waals surface area (Å²) in [6, 6.07) is 11.4. The van der Waals surface area contributed by atoms with Gasteiger partial charge in [0.05, 0.1) is 17.1 Å². The van der Waals surface area contributed by atoms with E-state index in [9.17, 15) is 9.59 Å². The van der Waals surface area contributed by atoms with Gasteiger partial charge in [-0.25, -0.2) is 4.98 Å². The predicted molar refractivity (Wildman–Crippen MR) is 124 cm³/mol. The van der Waals surface area contributed by atoms with Gasteiger partial charge in [0.15, 0.2) is 6.10 Å². The number of carbonyl (C=O) groups is 2. The number of pyridine rings is 1. The summed E-state index contributed by atoms with van der Waals surface area (Å²) >= 11 is 1.52. The highest BCUT2D eigenvalue weighted by molar-refractivity contribution is 7.13. The number of carbonyl (C=O) groups excluding carboxylic acids is 2. The van der Waals surface area contributed by atoms with Gasteiger partial charge in [-0.15, -0.1) is 11.3 Å². The second kappa shape index (κ2) is 8.70. The lowest BCUT2D eigenvalue weighted by Gasteiger charge is -2.35. The Morgan fingerprint density at radius 2 is 2.00 bits per heavy atom. The molecule has 5 rings (SSSR count). The standard InChI is InChI=1S/C24H24N4O3S/c1-16-24(30)28(14-22(29)27-11-5-2-6-12-27)20-13-17(8-9-21(20)31-16)19-15-32-23(26-19)18-7-3-4-10-25-18/h3-4,7-10,13,15-16H,2,5-6,11-12,14H2,1H3. The molecule has 2 aliphatic heterocycles. The molecule has 164 valence electrons. The molecular formula is C24H24N4O3S. The number of nitrogens with zero attached hydrogens (tertiary/aromatic N) is 4. The Bertz CT molecular complexity index is 1140. The predicted octanol–water partition coefficient (Wildman–Crippen LogP) is 4.00. The molecule has 0 aliphatic carbocycles. The minimum absolute atomic E-state index is 0.0189. The zero-order valence-electron chi connectivity index (χ0n) is 17.9. The molecule has 1 aromatic carbocycles. The van der Waals surface area contributed by atoms with Crippen LogP contribution in [-0.2, 0) is 9.59 Å². The van der Waals surface area contributed by atoms with Crippen molar-refractivity contribution in [2.75, 3.05) is 24.5 Å². The first-order valence-electron chi connectivity index (χ1n) is 10.9. The number of amides is 2. The molecule has 0 saturated carbocycles. The zero-order chi connectivity index (χ0) is 22.1. The van der Waals surface area contributed by atoms with E-state index in [1.165, 1.54) is 11.3 Å². The van der Waals surface area contributed by atoms with Crippen molar-refractivity contribution in [3.05, 3.63) is 48.0 Å². The van der Waals surface area contributed by atoms with E-state index in [1.54, 1.807) is 18.0 Å². The topological polar surface area (TPSA) is 75.6 Å². The van der Waals surface area contributed by atoms with E-state index >= 15 is 0 Å². The van der Waals surface area contributed by atoms with Crippen molar-refractivity contribution in [2.24, 2.45) is 0 Å². The van der Waals surface area contributed by atoms with Crippen LogP contribution in [-0.4, -0.2) is 52.4 Å². The Hall–Kier alpha value is -3.26. The Labute approximate surface area is 190 Å². The maximum absolute atomic E-state index is 13.0. The molecule has 4 heterocycles. The van der Waals surface area contributed by atoms with Crippen LogP contribution in [0.4, 0.5) is 5.69 Å². The molecule has 3 aromatic rings. The number of ether oxygens (including phenoxy) is 1. The molecule has 0 bridgehead atoms. The minimum atomic E-state index is -0.627. The highest BCUT2D eigenvalue weighted by atomic mass is 32.1. The number of anilines is 1. The van der Waals surface area contributed by atoms with Crippen molar-refractivity contribution in [1.82, 2.24) is 14.9 Å². The highest BCUT2D eigenvalue weighted by Crippen LogP contribution is 2.38. The number of likely N-dealkylation sites (tertiary alicyclic amines) is 1. The van der Waals surface area contributed by atoms with E-state index in [1.807, 2.05) is 46.7 Å². The first kappa shape index (κ1) is 20.6. The van der Waals surface area contributed by atoms with E-state index in [2.05, 4.69) is 4.98 Å². The Morgan fingerprint density at radius 1 is 1.16 bits per heavy atom. The number of benzene rings is 1. The SMILES string of the molecule is CC1Oc2ccc(-c3csc(-c4ccccn4)n3)cc2N(CC(=O)N2CCCCC2)C1=O. The summed E-state index contributed by atoms with van der Waals surface area (Å²) in [5, 5.41) is 2.81. The third-order valence-corrected chi connectivity index (χ3v) is 6.72. The van der Waals surface area contributed by atoms with Crippen LogP contribution in [0, 0.1) is 0 Å². The quantitative estimate of drug-likeness (QED) is 0.603. The molecule has 8 heteroatoms. The summed E-state index contributed by atoms with van der Waals surface area (Å²) in [5.41, 5.74) is 3.10. The Kier molecular flexibility index (Phi) is 5.61. The van der Waals surface area contributed by atoms with E-state index in [4.69, 9.17) is 9.72 Å². The number of thiazole rings is 1. The lowest BCUT2D eigenvalue weighted by molar-refractivity contribution is -0.133. The molecule has 32 heavy (non-hydrogen) atoms. The molecule has 1 atom stereocenters. The van der Waals surface area contributed by atoms with Gasteiger partial charge in [0.2, 0.25) is 5.91 Å². The fourth-order valence-corrected chi connectivity index (χ4v) is 4.93. The van der Waals surface area contributed by atoms with Crippen LogP contribution >= 0.6 is 11.3 Å². The summed E-state index contributed by atoms with van der Waals surface area (Å²) in [7, 11) is 0. The smallest absolute Gasteiger partial charge is 0.268 e. The first-order chi connectivity index (χ1) is 15.6. The lowest BCUT2D eigenvalue weighted by Crippen LogP contribution is -2.50. The van der Waals surface area contributed by atoms with Crippen LogP contribution in [0.2, 0.25) is 0 Å². The number of piperidine rings is 1. The normalized spacial score (nSPS) is 18.3. The number of hydrogen-bond acceptors (Lipinski definition) is 6. The summed E-state index contributed by atoms with van der Waals surface area (Å²) in [6.07, 6.45) is 4.30. The molecule has 1 saturated heterocycles. The van der Waals surface area contributed by atoms with E-state index < -0.39 is 6.10 Å². The van der Waals surface area contributed by atoms with Gasteiger partial charge in [-0.05, 0) is 56.5 Å². The van der Waals surface area contributed by atoms with Crippen molar-refractivity contribution in [3.63, 3.8) is 0 Å². The molecule has 7 nitrogen and oxygen atoms in total. The van der Waals surface area contributed by atoms with E-state index in [-0.39, 0.29) is 18.4 Å². The summed E-state index contributed by atoms with van der Waals surface area (Å²) in [6.45, 7) is 3.26. The average molecular weight is 449 g/mol. The monoisotopic (exact) mass is 448 g/mol. The average Bonchev–Trinajstić information content (AvgIpc) is 3.33. The Morgan fingerprint density at radius 3 is 2.78 bits per heavy atom. The van der Waals surface area contributed by atoms with Gasteiger partial charge in [-0.2, -0.15) is 0 Å². The van der Waals surface area contributed by atoms with Crippen LogP contribution in [0.25, 0.3) is 22.0 Å². The van der Waals surface area contributed by atoms with Crippen LogP contribution in [0.3, 0.4) is 0 Å². The van der Waals surface area contributed by atoms with Crippen molar-refractivity contribution >= 4 is 28.8 Å². The number of fused-ring (bicyclic) bond motifs is 1. The number of aromatic nitrogens is 2. The van der Waals surface area contributed by atoms with E-state index in [0.29, 0.717) is 11.4 Å². The third-order valence-electron chi connectivity index (χ3n) is 5.85. The van der Waals surface area contributed by atoms with Gasteiger partial charge in [0.25, 0.3) is 5.91 Å². The fraction of sp³-hybridized carbons (Fsp3) is 0.333. The van der Waals surface area contributed by atoms with Crippen LogP contribution in [0.1, 0.15) is 26.2 Å². The summed E-state index contributed by atoms with van der Waals surface area (Å²) in [5.74, 6) is 0.384. The van der Waals surface area contributed by atoms with Crippen LogP contribution in [0.15, 0.2) is 48.0 Å². The summed E-state index contributed by atoms with van der Waals surface area (Å²) in [4.78, 5) is 38.4. The van der Waals surface area contributed by atoms with Gasteiger partial charge in [-0.1, -0.05) is 6.07 Å². The van der Waals surface area contributed by atoms with Crippen LogP contribution < -0.4 is 9.64 Å². The van der Waals surface area contributed by atoms with Gasteiger partial charge < -0.3 is 9.64 Å². The van der Waals surface area contributed by atoms with Gasteiger partial charge >= 0.3 is 0 Å². The second-order valence-corrected chi connectivity index (χ2v) is 8.92.